The molecule has 0 N–H and O–H groups in total. The van der Waals surface area contributed by atoms with Gasteiger partial charge < -0.3 is 18.8 Å². The molecular weight excluding hydrogens is 402 g/mol. The molecule has 0 fully saturated rings. The Hall–Kier alpha value is -3.94. The first kappa shape index (κ1) is 21.8. The van der Waals surface area contributed by atoms with E-state index in [4.69, 9.17) is 14.2 Å². The number of aryl methyl sites for hydroxylation is 1. The lowest BCUT2D eigenvalue weighted by Crippen LogP contribution is -2.23. The monoisotopic (exact) mass is 423 g/mol. The summed E-state index contributed by atoms with van der Waals surface area (Å²) in [6.45, 7) is 5.96. The SMILES string of the molecule is CCn1c(=O)c(-c2ccc(OC(C)=O)cc2)c(OC(C)=O)c2ccc(OC(C)=O)cc21. The molecule has 0 amide bonds. The third-order valence-corrected chi connectivity index (χ3v) is 4.42. The number of hydrogen-bond acceptors (Lipinski definition) is 7. The topological polar surface area (TPSA) is 101 Å². The number of fused-ring (bicyclic) bond motifs is 1. The number of hydrogen-bond donors (Lipinski definition) is 0. The van der Waals surface area contributed by atoms with E-state index in [2.05, 4.69) is 0 Å². The molecule has 0 aliphatic rings. The van der Waals surface area contributed by atoms with Crippen LogP contribution in [0.15, 0.2) is 47.3 Å². The van der Waals surface area contributed by atoms with Gasteiger partial charge in [0.25, 0.3) is 5.56 Å². The normalized spacial score (nSPS) is 10.6. The fourth-order valence-electron chi connectivity index (χ4n) is 3.31. The predicted molar refractivity (Wildman–Crippen MR) is 113 cm³/mol. The van der Waals surface area contributed by atoms with Crippen LogP contribution in [-0.4, -0.2) is 22.5 Å². The van der Waals surface area contributed by atoms with Gasteiger partial charge in [0.1, 0.15) is 11.5 Å². The van der Waals surface area contributed by atoms with Crippen molar-refractivity contribution < 1.29 is 28.6 Å². The Balaban J connectivity index is 2.30. The van der Waals surface area contributed by atoms with Gasteiger partial charge in [-0.2, -0.15) is 0 Å². The molecule has 0 bridgehead atoms. The van der Waals surface area contributed by atoms with Gasteiger partial charge in [0.15, 0.2) is 5.75 Å². The minimum atomic E-state index is -0.586. The Morgan fingerprint density at radius 1 is 0.806 bits per heavy atom. The van der Waals surface area contributed by atoms with Crippen molar-refractivity contribution in [2.45, 2.75) is 34.2 Å². The van der Waals surface area contributed by atoms with E-state index in [1.54, 1.807) is 49.4 Å². The predicted octanol–water partition coefficient (Wildman–Crippen LogP) is 3.46. The van der Waals surface area contributed by atoms with Crippen molar-refractivity contribution in [2.75, 3.05) is 0 Å². The summed E-state index contributed by atoms with van der Waals surface area (Å²) in [6.07, 6.45) is 0. The van der Waals surface area contributed by atoms with Gasteiger partial charge in [-0.1, -0.05) is 12.1 Å². The van der Waals surface area contributed by atoms with Crippen LogP contribution in [0, 0.1) is 0 Å². The fourth-order valence-corrected chi connectivity index (χ4v) is 3.31. The smallest absolute Gasteiger partial charge is 0.308 e. The largest absolute Gasteiger partial charge is 0.427 e. The number of rotatable bonds is 5. The van der Waals surface area contributed by atoms with E-state index in [0.717, 1.165) is 0 Å². The summed E-state index contributed by atoms with van der Waals surface area (Å²) >= 11 is 0. The molecule has 0 spiro atoms. The van der Waals surface area contributed by atoms with Crippen LogP contribution in [0.3, 0.4) is 0 Å². The third kappa shape index (κ3) is 4.63. The molecule has 160 valence electrons. The Kier molecular flexibility index (Phi) is 6.20. The van der Waals surface area contributed by atoms with Crippen LogP contribution in [0.25, 0.3) is 22.0 Å². The second-order valence-corrected chi connectivity index (χ2v) is 6.74. The summed E-state index contributed by atoms with van der Waals surface area (Å²) in [4.78, 5) is 47.7. The minimum Gasteiger partial charge on any atom is -0.427 e. The number of esters is 3. The van der Waals surface area contributed by atoms with Crippen molar-refractivity contribution in [1.82, 2.24) is 4.57 Å². The standard InChI is InChI=1S/C23H21NO7/c1-5-24-20-12-18(30-14(3)26)10-11-19(20)22(31-15(4)27)21(23(24)28)16-6-8-17(9-7-16)29-13(2)25/h6-12H,5H2,1-4H3. The van der Waals surface area contributed by atoms with Gasteiger partial charge in [-0.15, -0.1) is 0 Å². The Bertz CT molecular complexity index is 1240. The van der Waals surface area contributed by atoms with Crippen LogP contribution in [0.2, 0.25) is 0 Å². The fraction of sp³-hybridized carbons (Fsp3) is 0.217. The van der Waals surface area contributed by atoms with Crippen molar-refractivity contribution in [2.24, 2.45) is 0 Å². The average molecular weight is 423 g/mol. The maximum Gasteiger partial charge on any atom is 0.308 e. The number of pyridine rings is 1. The number of aromatic nitrogens is 1. The van der Waals surface area contributed by atoms with Crippen LogP contribution < -0.4 is 19.8 Å². The van der Waals surface area contributed by atoms with E-state index in [1.165, 1.54) is 25.3 Å². The van der Waals surface area contributed by atoms with Crippen LogP contribution in [0.1, 0.15) is 27.7 Å². The van der Waals surface area contributed by atoms with Crippen LogP contribution in [0.5, 0.6) is 17.2 Å². The van der Waals surface area contributed by atoms with Crippen molar-refractivity contribution >= 4 is 28.8 Å². The van der Waals surface area contributed by atoms with Gasteiger partial charge in [0.05, 0.1) is 11.1 Å². The van der Waals surface area contributed by atoms with Crippen LogP contribution in [0.4, 0.5) is 0 Å². The van der Waals surface area contributed by atoms with Gasteiger partial charge >= 0.3 is 17.9 Å². The lowest BCUT2D eigenvalue weighted by atomic mass is 10.0. The zero-order valence-electron chi connectivity index (χ0n) is 17.6. The molecule has 0 unspecified atom stereocenters. The van der Waals surface area contributed by atoms with Gasteiger partial charge in [0, 0.05) is 38.8 Å². The quantitative estimate of drug-likeness (QED) is 0.457. The Morgan fingerprint density at radius 2 is 1.35 bits per heavy atom. The van der Waals surface area contributed by atoms with E-state index in [1.807, 2.05) is 0 Å². The first-order valence-corrected chi connectivity index (χ1v) is 9.57. The van der Waals surface area contributed by atoms with Gasteiger partial charge in [0.2, 0.25) is 0 Å². The van der Waals surface area contributed by atoms with E-state index >= 15 is 0 Å². The number of benzene rings is 2. The highest BCUT2D eigenvalue weighted by molar-refractivity contribution is 5.95. The number of carbonyl (C=O) groups is 3. The molecule has 1 aromatic heterocycles. The van der Waals surface area contributed by atoms with Crippen molar-refractivity contribution in [3.63, 3.8) is 0 Å². The lowest BCUT2D eigenvalue weighted by molar-refractivity contribution is -0.132. The molecule has 8 nitrogen and oxygen atoms in total. The lowest BCUT2D eigenvalue weighted by Gasteiger charge is -2.17. The molecule has 3 aromatic rings. The maximum absolute atomic E-state index is 13.4. The van der Waals surface area contributed by atoms with Crippen molar-refractivity contribution in [3.8, 4) is 28.4 Å². The zero-order valence-corrected chi connectivity index (χ0v) is 17.6. The highest BCUT2D eigenvalue weighted by Crippen LogP contribution is 2.36. The van der Waals surface area contributed by atoms with Crippen LogP contribution >= 0.6 is 0 Å². The third-order valence-electron chi connectivity index (χ3n) is 4.42. The average Bonchev–Trinajstić information content (AvgIpc) is 2.68. The molecular formula is C23H21NO7. The minimum absolute atomic E-state index is 0.104. The molecule has 1 heterocycles. The molecule has 0 aliphatic heterocycles. The second kappa shape index (κ2) is 8.83. The van der Waals surface area contributed by atoms with Gasteiger partial charge in [-0.25, -0.2) is 0 Å². The molecule has 0 radical (unpaired) electrons. The van der Waals surface area contributed by atoms with Gasteiger partial charge in [-0.3, -0.25) is 19.2 Å². The van der Waals surface area contributed by atoms with Gasteiger partial charge in [-0.05, 0) is 36.8 Å². The van der Waals surface area contributed by atoms with Crippen molar-refractivity contribution in [3.05, 3.63) is 52.8 Å². The Labute approximate surface area is 178 Å². The van der Waals surface area contributed by atoms with Crippen molar-refractivity contribution in [1.29, 1.82) is 0 Å². The summed E-state index contributed by atoms with van der Waals surface area (Å²) in [5.41, 5.74) is 0.763. The van der Waals surface area contributed by atoms with E-state index < -0.39 is 17.9 Å². The molecule has 0 atom stereocenters. The number of ether oxygens (including phenoxy) is 3. The summed E-state index contributed by atoms with van der Waals surface area (Å²) < 4.78 is 17.1. The second-order valence-electron chi connectivity index (χ2n) is 6.74. The summed E-state index contributed by atoms with van der Waals surface area (Å²) in [6, 6.07) is 11.1. The van der Waals surface area contributed by atoms with E-state index in [9.17, 15) is 19.2 Å². The zero-order chi connectivity index (χ0) is 22.7. The highest BCUT2D eigenvalue weighted by atomic mass is 16.5. The summed E-state index contributed by atoms with van der Waals surface area (Å²) in [7, 11) is 0. The molecule has 8 heteroatoms. The Morgan fingerprint density at radius 3 is 1.90 bits per heavy atom. The molecule has 0 saturated carbocycles. The maximum atomic E-state index is 13.4. The number of carbonyl (C=O) groups excluding carboxylic acids is 3. The van der Waals surface area contributed by atoms with Crippen LogP contribution in [-0.2, 0) is 20.9 Å². The molecule has 3 rings (SSSR count). The van der Waals surface area contributed by atoms with E-state index in [0.29, 0.717) is 28.8 Å². The number of nitrogens with zero attached hydrogens (tertiary/aromatic N) is 1. The molecule has 0 saturated heterocycles. The molecule has 2 aromatic carbocycles. The summed E-state index contributed by atoms with van der Waals surface area (Å²) in [5.74, 6) is -0.837. The first-order chi connectivity index (χ1) is 14.7. The molecule has 31 heavy (non-hydrogen) atoms. The first-order valence-electron chi connectivity index (χ1n) is 9.57. The highest BCUT2D eigenvalue weighted by Gasteiger charge is 2.21. The summed E-state index contributed by atoms with van der Waals surface area (Å²) in [5, 5.41) is 0.506. The molecule has 0 aliphatic carbocycles. The van der Waals surface area contributed by atoms with E-state index in [-0.39, 0.29) is 22.6 Å².